The molecular formula is C14H16N2O4. The van der Waals surface area contributed by atoms with Crippen molar-refractivity contribution in [1.29, 1.82) is 0 Å². The summed E-state index contributed by atoms with van der Waals surface area (Å²) in [5, 5.41) is 18.3. The number of aliphatic hydroxyl groups excluding tert-OH is 1. The molecule has 0 bridgehead atoms. The Morgan fingerprint density at radius 1 is 1.25 bits per heavy atom. The molecule has 106 valence electrons. The van der Waals surface area contributed by atoms with Crippen LogP contribution >= 0.6 is 0 Å². The van der Waals surface area contributed by atoms with Crippen molar-refractivity contribution in [3.8, 4) is 5.69 Å². The second-order valence-corrected chi connectivity index (χ2v) is 4.79. The number of carbonyl (C=O) groups is 1. The van der Waals surface area contributed by atoms with Gasteiger partial charge in [-0.1, -0.05) is 12.1 Å². The average Bonchev–Trinajstić information content (AvgIpc) is 2.80. The fraction of sp³-hybridized carbons (Fsp3) is 0.286. The second kappa shape index (κ2) is 5.34. The number of hydrogen-bond acceptors (Lipinski definition) is 3. The van der Waals surface area contributed by atoms with E-state index >= 15 is 0 Å². The van der Waals surface area contributed by atoms with Crippen LogP contribution in [-0.4, -0.2) is 25.3 Å². The summed E-state index contributed by atoms with van der Waals surface area (Å²) in [6.07, 6.45) is 1.69. The predicted molar refractivity (Wildman–Crippen MR) is 73.0 cm³/mol. The molecular weight excluding hydrogens is 260 g/mol. The molecule has 1 atom stereocenters. The summed E-state index contributed by atoms with van der Waals surface area (Å²) < 4.78 is 2.98. The van der Waals surface area contributed by atoms with E-state index in [2.05, 4.69) is 0 Å². The first-order chi connectivity index (χ1) is 9.41. The van der Waals surface area contributed by atoms with Crippen LogP contribution in [-0.2, 0) is 4.79 Å². The third-order valence-electron chi connectivity index (χ3n) is 3.06. The summed E-state index contributed by atoms with van der Waals surface area (Å²) >= 11 is 0. The highest BCUT2D eigenvalue weighted by atomic mass is 16.4. The molecule has 0 radical (unpaired) electrons. The Morgan fingerprint density at radius 2 is 1.95 bits per heavy atom. The molecule has 2 N–H and O–H groups in total. The van der Waals surface area contributed by atoms with Gasteiger partial charge in [-0.3, -0.25) is 9.13 Å². The van der Waals surface area contributed by atoms with Gasteiger partial charge in [0.2, 0.25) is 0 Å². The first-order valence-corrected chi connectivity index (χ1v) is 6.22. The van der Waals surface area contributed by atoms with Crippen molar-refractivity contribution < 1.29 is 15.0 Å². The predicted octanol–water partition coefficient (Wildman–Crippen LogP) is 1.34. The van der Waals surface area contributed by atoms with Crippen molar-refractivity contribution in [3.05, 3.63) is 52.7 Å². The molecule has 0 saturated carbocycles. The molecule has 1 unspecified atom stereocenters. The molecule has 2 rings (SSSR count). The van der Waals surface area contributed by atoms with E-state index in [-0.39, 0.29) is 17.3 Å². The Hall–Kier alpha value is -2.34. The Labute approximate surface area is 115 Å². The molecule has 0 aliphatic heterocycles. The van der Waals surface area contributed by atoms with Crippen LogP contribution in [0.4, 0.5) is 0 Å². The van der Waals surface area contributed by atoms with Gasteiger partial charge < -0.3 is 10.2 Å². The van der Waals surface area contributed by atoms with Gasteiger partial charge in [-0.2, -0.15) is 0 Å². The molecule has 0 spiro atoms. The highest BCUT2D eigenvalue weighted by Gasteiger charge is 2.16. The maximum atomic E-state index is 12.2. The molecule has 1 heterocycles. The molecule has 6 heteroatoms. The maximum absolute atomic E-state index is 12.2. The Morgan fingerprint density at radius 3 is 2.50 bits per heavy atom. The lowest BCUT2D eigenvalue weighted by molar-refractivity contribution is -0.146. The number of aromatic nitrogens is 2. The average molecular weight is 276 g/mol. The van der Waals surface area contributed by atoms with Crippen LogP contribution in [0, 0.1) is 0 Å². The fourth-order valence-corrected chi connectivity index (χ4v) is 1.97. The van der Waals surface area contributed by atoms with Crippen LogP contribution in [0.2, 0.25) is 0 Å². The Balaban J connectivity index is 2.47. The molecule has 0 aliphatic carbocycles. The molecule has 0 fully saturated rings. The lowest BCUT2D eigenvalue weighted by atomic mass is 10.1. The van der Waals surface area contributed by atoms with Gasteiger partial charge in [0.15, 0.2) is 6.10 Å². The van der Waals surface area contributed by atoms with E-state index < -0.39 is 12.1 Å². The van der Waals surface area contributed by atoms with Gasteiger partial charge in [0.05, 0.1) is 5.69 Å². The van der Waals surface area contributed by atoms with E-state index in [0.717, 1.165) is 0 Å². The van der Waals surface area contributed by atoms with Crippen molar-refractivity contribution in [2.24, 2.45) is 0 Å². The molecule has 6 nitrogen and oxygen atoms in total. The van der Waals surface area contributed by atoms with Gasteiger partial charge in [-0.25, -0.2) is 9.59 Å². The molecule has 0 saturated heterocycles. The quantitative estimate of drug-likeness (QED) is 0.882. The monoisotopic (exact) mass is 276 g/mol. The third kappa shape index (κ3) is 2.50. The zero-order valence-corrected chi connectivity index (χ0v) is 11.2. The lowest BCUT2D eigenvalue weighted by Crippen LogP contribution is -2.24. The second-order valence-electron chi connectivity index (χ2n) is 4.79. The highest BCUT2D eigenvalue weighted by molar-refractivity contribution is 5.74. The molecule has 20 heavy (non-hydrogen) atoms. The molecule has 1 aromatic heterocycles. The largest absolute Gasteiger partial charge is 0.479 e. The van der Waals surface area contributed by atoms with Gasteiger partial charge >= 0.3 is 11.7 Å². The van der Waals surface area contributed by atoms with Crippen LogP contribution in [0.5, 0.6) is 0 Å². The van der Waals surface area contributed by atoms with E-state index in [0.29, 0.717) is 5.69 Å². The summed E-state index contributed by atoms with van der Waals surface area (Å²) in [6, 6.07) is 6.33. The van der Waals surface area contributed by atoms with E-state index in [4.69, 9.17) is 5.11 Å². The van der Waals surface area contributed by atoms with Crippen molar-refractivity contribution in [2.45, 2.75) is 26.0 Å². The minimum Gasteiger partial charge on any atom is -0.479 e. The number of hydrogen-bond donors (Lipinski definition) is 2. The number of imidazole rings is 1. The van der Waals surface area contributed by atoms with E-state index in [1.54, 1.807) is 29.1 Å². The first-order valence-electron chi connectivity index (χ1n) is 6.22. The van der Waals surface area contributed by atoms with E-state index in [1.165, 1.54) is 16.7 Å². The SMILES string of the molecule is CC(C)n1ccn(-c2cccc(C(O)C(=O)O)c2)c1=O. The van der Waals surface area contributed by atoms with Crippen LogP contribution in [0.3, 0.4) is 0 Å². The van der Waals surface area contributed by atoms with Crippen LogP contribution < -0.4 is 5.69 Å². The van der Waals surface area contributed by atoms with Gasteiger partial charge in [-0.05, 0) is 31.5 Å². The molecule has 0 amide bonds. The standard InChI is InChI=1S/C14H16N2O4/c1-9(2)15-6-7-16(14(15)20)11-5-3-4-10(8-11)12(17)13(18)19/h3-9,12,17H,1-2H3,(H,18,19). The van der Waals surface area contributed by atoms with Crippen molar-refractivity contribution in [2.75, 3.05) is 0 Å². The highest BCUT2D eigenvalue weighted by Crippen LogP contribution is 2.17. The Bertz CT molecular complexity index is 684. The lowest BCUT2D eigenvalue weighted by Gasteiger charge is -2.09. The number of benzene rings is 1. The van der Waals surface area contributed by atoms with Crippen molar-refractivity contribution in [1.82, 2.24) is 9.13 Å². The molecule has 2 aromatic rings. The summed E-state index contributed by atoms with van der Waals surface area (Å²) in [7, 11) is 0. The van der Waals surface area contributed by atoms with Crippen LogP contribution in [0.25, 0.3) is 5.69 Å². The number of nitrogens with zero attached hydrogens (tertiary/aromatic N) is 2. The number of carboxylic acids is 1. The normalized spacial score (nSPS) is 12.6. The van der Waals surface area contributed by atoms with E-state index in [9.17, 15) is 14.7 Å². The smallest absolute Gasteiger partial charge is 0.337 e. The maximum Gasteiger partial charge on any atom is 0.337 e. The summed E-state index contributed by atoms with van der Waals surface area (Å²) in [5.41, 5.74) is 0.549. The topological polar surface area (TPSA) is 84.5 Å². The van der Waals surface area contributed by atoms with Gasteiger partial charge in [0.1, 0.15) is 0 Å². The summed E-state index contributed by atoms with van der Waals surface area (Å²) in [4.78, 5) is 23.0. The van der Waals surface area contributed by atoms with Crippen LogP contribution in [0.15, 0.2) is 41.5 Å². The van der Waals surface area contributed by atoms with Crippen molar-refractivity contribution >= 4 is 5.97 Å². The van der Waals surface area contributed by atoms with E-state index in [1.807, 2.05) is 13.8 Å². The third-order valence-corrected chi connectivity index (χ3v) is 3.06. The summed E-state index contributed by atoms with van der Waals surface area (Å²) in [5.74, 6) is -1.32. The van der Waals surface area contributed by atoms with Gasteiger partial charge in [-0.15, -0.1) is 0 Å². The van der Waals surface area contributed by atoms with Crippen molar-refractivity contribution in [3.63, 3.8) is 0 Å². The zero-order valence-electron chi connectivity index (χ0n) is 11.2. The molecule has 0 aliphatic rings. The number of carboxylic acid groups (broad SMARTS) is 1. The number of aliphatic hydroxyl groups is 1. The Kier molecular flexibility index (Phi) is 3.76. The minimum atomic E-state index is -1.60. The first kappa shape index (κ1) is 14.1. The number of rotatable bonds is 4. The summed E-state index contributed by atoms with van der Waals surface area (Å²) in [6.45, 7) is 3.80. The fourth-order valence-electron chi connectivity index (χ4n) is 1.97. The minimum absolute atomic E-state index is 0.0385. The molecule has 1 aromatic carbocycles. The number of aliphatic carboxylic acids is 1. The van der Waals surface area contributed by atoms with Gasteiger partial charge in [0, 0.05) is 18.4 Å². The van der Waals surface area contributed by atoms with Crippen LogP contribution in [0.1, 0.15) is 31.6 Å². The van der Waals surface area contributed by atoms with Gasteiger partial charge in [0.25, 0.3) is 0 Å². The zero-order chi connectivity index (χ0) is 14.9.